The van der Waals surface area contributed by atoms with Crippen LogP contribution in [0.4, 0.5) is 0 Å². The molecule has 1 aliphatic rings. The maximum Gasteiger partial charge on any atom is 0.339 e. The number of phenols is 2. The number of aromatic hydroxyl groups is 2. The fraction of sp³-hybridized carbons (Fsp3) is 0.267. The van der Waals surface area contributed by atoms with Gasteiger partial charge < -0.3 is 29.2 Å². The molecule has 0 heterocycles. The highest BCUT2D eigenvalue weighted by Gasteiger charge is 2.38. The van der Waals surface area contributed by atoms with Gasteiger partial charge in [-0.15, -0.1) is 0 Å². The molecule has 0 saturated carbocycles. The molecule has 0 atom stereocenters. The van der Waals surface area contributed by atoms with Crippen LogP contribution in [0.15, 0.2) is 36.4 Å². The number of carbonyl (C=O) groups is 6. The quantitative estimate of drug-likeness (QED) is 0.204. The fourth-order valence-corrected chi connectivity index (χ4v) is 4.24. The summed E-state index contributed by atoms with van der Waals surface area (Å²) in [5.74, 6) is -7.33. The largest absolute Gasteiger partial charge is 0.506 e. The standard InChI is InChI=1S/C30H28O12/c1-5-39-21(31)13-19(29(37)41-7-3)15-9-11-17-23(26(15)34)28(36)24-18(25(17)33)12-10-16(27(24)35)20(30(38)42-8-4)14-22(32)40-6-2/h9-14,34-35H,5-8H2,1-4H3/b19-13+,20-14+. The van der Waals surface area contributed by atoms with E-state index in [1.54, 1.807) is 13.8 Å². The molecule has 2 N–H and O–H groups in total. The zero-order valence-electron chi connectivity index (χ0n) is 23.3. The van der Waals surface area contributed by atoms with Gasteiger partial charge in [-0.3, -0.25) is 9.59 Å². The molecular weight excluding hydrogens is 552 g/mol. The van der Waals surface area contributed by atoms with Gasteiger partial charge in [0.15, 0.2) is 5.78 Å². The topological polar surface area (TPSA) is 180 Å². The summed E-state index contributed by atoms with van der Waals surface area (Å²) in [5.41, 5.74) is -3.12. The first kappa shape index (κ1) is 31.3. The third-order valence-electron chi connectivity index (χ3n) is 5.97. The van der Waals surface area contributed by atoms with E-state index in [0.29, 0.717) is 0 Å². The molecule has 0 radical (unpaired) electrons. The Morgan fingerprint density at radius 2 is 0.952 bits per heavy atom. The van der Waals surface area contributed by atoms with Crippen molar-refractivity contribution < 1.29 is 57.9 Å². The van der Waals surface area contributed by atoms with Gasteiger partial charge in [-0.1, -0.05) is 0 Å². The summed E-state index contributed by atoms with van der Waals surface area (Å²) in [7, 11) is 0. The van der Waals surface area contributed by atoms with Crippen LogP contribution < -0.4 is 0 Å². The van der Waals surface area contributed by atoms with Crippen LogP contribution in [0.5, 0.6) is 11.5 Å². The Labute approximate surface area is 240 Å². The Morgan fingerprint density at radius 3 is 1.29 bits per heavy atom. The molecule has 1 aliphatic carbocycles. The number of ketones is 2. The fourth-order valence-electron chi connectivity index (χ4n) is 4.24. The molecule has 0 unspecified atom stereocenters. The minimum Gasteiger partial charge on any atom is -0.506 e. The van der Waals surface area contributed by atoms with Gasteiger partial charge in [0, 0.05) is 34.4 Å². The zero-order chi connectivity index (χ0) is 31.1. The van der Waals surface area contributed by atoms with E-state index in [9.17, 15) is 39.0 Å². The SMILES string of the molecule is CCOC(=O)/C=C(/C(=O)OCC)c1ccc2c(c1O)C(=O)c1c(ccc(/C(=C\C(=O)OCC)C(=O)OCC)c1O)C2=O. The summed E-state index contributed by atoms with van der Waals surface area (Å²) in [6.45, 7) is 5.97. The van der Waals surface area contributed by atoms with Gasteiger partial charge in [0.25, 0.3) is 0 Å². The number of hydrogen-bond acceptors (Lipinski definition) is 12. The van der Waals surface area contributed by atoms with Crippen molar-refractivity contribution in [3.63, 3.8) is 0 Å². The maximum absolute atomic E-state index is 13.8. The van der Waals surface area contributed by atoms with E-state index < -0.39 is 69.2 Å². The molecule has 42 heavy (non-hydrogen) atoms. The minimum atomic E-state index is -1.03. The van der Waals surface area contributed by atoms with E-state index in [4.69, 9.17) is 18.9 Å². The van der Waals surface area contributed by atoms with Gasteiger partial charge >= 0.3 is 23.9 Å². The van der Waals surface area contributed by atoms with E-state index in [2.05, 4.69) is 0 Å². The predicted octanol–water partition coefficient (Wildman–Crippen LogP) is 2.89. The number of rotatable bonds is 10. The van der Waals surface area contributed by atoms with E-state index in [0.717, 1.165) is 12.2 Å². The molecule has 2 aromatic carbocycles. The summed E-state index contributed by atoms with van der Waals surface area (Å²) >= 11 is 0. The first-order valence-corrected chi connectivity index (χ1v) is 12.9. The monoisotopic (exact) mass is 580 g/mol. The Balaban J connectivity index is 2.25. The molecule has 0 aliphatic heterocycles. The van der Waals surface area contributed by atoms with Gasteiger partial charge in [-0.25, -0.2) is 19.2 Å². The van der Waals surface area contributed by atoms with Crippen molar-refractivity contribution in [3.05, 3.63) is 69.8 Å². The average molecular weight is 581 g/mol. The molecule has 220 valence electrons. The van der Waals surface area contributed by atoms with Crippen molar-refractivity contribution >= 4 is 46.6 Å². The Hall–Kier alpha value is -5.26. The highest BCUT2D eigenvalue weighted by atomic mass is 16.5. The van der Waals surface area contributed by atoms with Crippen LogP contribution >= 0.6 is 0 Å². The van der Waals surface area contributed by atoms with Crippen molar-refractivity contribution in [1.29, 1.82) is 0 Å². The minimum absolute atomic E-state index is 0.00854. The van der Waals surface area contributed by atoms with Crippen molar-refractivity contribution in [2.75, 3.05) is 26.4 Å². The van der Waals surface area contributed by atoms with Gasteiger partial charge in [-0.05, 0) is 52.0 Å². The van der Waals surface area contributed by atoms with Crippen molar-refractivity contribution in [2.24, 2.45) is 0 Å². The Morgan fingerprint density at radius 1 is 0.595 bits per heavy atom. The second-order valence-corrected chi connectivity index (χ2v) is 8.49. The Bertz CT molecular complexity index is 1430. The molecule has 2 aromatic rings. The molecule has 12 nitrogen and oxygen atoms in total. The summed E-state index contributed by atoms with van der Waals surface area (Å²) in [4.78, 5) is 76.8. The molecule has 0 aromatic heterocycles. The molecule has 12 heteroatoms. The van der Waals surface area contributed by atoms with Crippen LogP contribution in [0.1, 0.15) is 70.7 Å². The molecule has 0 bridgehead atoms. The molecule has 0 spiro atoms. The molecular formula is C30H28O12. The molecule has 0 fully saturated rings. The smallest absolute Gasteiger partial charge is 0.339 e. The number of phenolic OH excluding ortho intramolecular Hbond substituents is 2. The summed E-state index contributed by atoms with van der Waals surface area (Å²) < 4.78 is 19.7. The van der Waals surface area contributed by atoms with Gasteiger partial charge in [0.05, 0.1) is 48.7 Å². The summed E-state index contributed by atoms with van der Waals surface area (Å²) in [6.07, 6.45) is 1.57. The van der Waals surface area contributed by atoms with Gasteiger partial charge in [0.2, 0.25) is 5.78 Å². The maximum atomic E-state index is 13.8. The van der Waals surface area contributed by atoms with Crippen molar-refractivity contribution in [2.45, 2.75) is 27.7 Å². The number of benzene rings is 2. The average Bonchev–Trinajstić information content (AvgIpc) is 2.94. The van der Waals surface area contributed by atoms with Crippen LogP contribution in [0.2, 0.25) is 0 Å². The summed E-state index contributed by atoms with van der Waals surface area (Å²) in [6, 6.07) is 4.70. The normalized spacial score (nSPS) is 12.7. The number of hydrogen-bond donors (Lipinski definition) is 2. The third kappa shape index (κ3) is 6.07. The van der Waals surface area contributed by atoms with Crippen LogP contribution in [-0.4, -0.2) is 72.1 Å². The lowest BCUT2D eigenvalue weighted by molar-refractivity contribution is -0.139. The Kier molecular flexibility index (Phi) is 9.98. The van der Waals surface area contributed by atoms with Gasteiger partial charge in [0.1, 0.15) is 11.5 Å². The van der Waals surface area contributed by atoms with E-state index >= 15 is 0 Å². The lowest BCUT2D eigenvalue weighted by Crippen LogP contribution is -2.23. The number of esters is 4. The predicted molar refractivity (Wildman–Crippen MR) is 146 cm³/mol. The van der Waals surface area contributed by atoms with Crippen molar-refractivity contribution in [1.82, 2.24) is 0 Å². The van der Waals surface area contributed by atoms with Gasteiger partial charge in [-0.2, -0.15) is 0 Å². The van der Waals surface area contributed by atoms with Crippen molar-refractivity contribution in [3.8, 4) is 11.5 Å². The van der Waals surface area contributed by atoms with Crippen LogP contribution in [0.3, 0.4) is 0 Å². The second kappa shape index (κ2) is 13.4. The first-order valence-electron chi connectivity index (χ1n) is 12.9. The van der Waals surface area contributed by atoms with Crippen LogP contribution in [-0.2, 0) is 38.1 Å². The van der Waals surface area contributed by atoms with Crippen LogP contribution in [0.25, 0.3) is 11.1 Å². The first-order chi connectivity index (χ1) is 20.0. The third-order valence-corrected chi connectivity index (χ3v) is 5.97. The molecule has 3 rings (SSSR count). The number of fused-ring (bicyclic) bond motifs is 2. The summed E-state index contributed by atoms with van der Waals surface area (Å²) in [5, 5.41) is 22.4. The highest BCUT2D eigenvalue weighted by molar-refractivity contribution is 6.32. The highest BCUT2D eigenvalue weighted by Crippen LogP contribution is 2.42. The lowest BCUT2D eigenvalue weighted by atomic mass is 9.80. The van der Waals surface area contributed by atoms with E-state index in [1.807, 2.05) is 0 Å². The van der Waals surface area contributed by atoms with E-state index in [-0.39, 0.29) is 48.7 Å². The zero-order valence-corrected chi connectivity index (χ0v) is 23.3. The van der Waals surface area contributed by atoms with E-state index in [1.165, 1.54) is 38.1 Å². The number of ether oxygens (including phenoxy) is 4. The van der Waals surface area contributed by atoms with Crippen LogP contribution in [0, 0.1) is 0 Å². The molecule has 0 saturated heterocycles. The molecule has 0 amide bonds. The number of carbonyl (C=O) groups excluding carboxylic acids is 6. The lowest BCUT2D eigenvalue weighted by Gasteiger charge is -2.22. The second-order valence-electron chi connectivity index (χ2n) is 8.49.